The molecule has 0 heterocycles. The summed E-state index contributed by atoms with van der Waals surface area (Å²) in [5, 5.41) is 3.29. The van der Waals surface area contributed by atoms with Crippen molar-refractivity contribution in [1.82, 2.24) is 5.32 Å². The summed E-state index contributed by atoms with van der Waals surface area (Å²) in [4.78, 5) is 1.21. The van der Waals surface area contributed by atoms with Crippen LogP contribution in [0.4, 0.5) is 18.9 Å². The lowest BCUT2D eigenvalue weighted by atomic mass is 10.0. The summed E-state index contributed by atoms with van der Waals surface area (Å²) in [7, 11) is 2.97. The second-order valence-corrected chi connectivity index (χ2v) is 5.04. The van der Waals surface area contributed by atoms with Gasteiger partial charge in [0.05, 0.1) is 7.11 Å². The quantitative estimate of drug-likeness (QED) is 0.830. The average molecular weight is 304 g/mol. The smallest absolute Gasteiger partial charge is 0.405 e. The first-order chi connectivity index (χ1) is 9.80. The van der Waals surface area contributed by atoms with E-state index < -0.39 is 12.7 Å². The van der Waals surface area contributed by atoms with Crippen LogP contribution >= 0.6 is 0 Å². The fraction of sp³-hybridized carbons (Fsp3) is 0.600. The van der Waals surface area contributed by atoms with Crippen molar-refractivity contribution in [3.8, 4) is 5.75 Å². The lowest BCUT2D eigenvalue weighted by Crippen LogP contribution is -2.32. The van der Waals surface area contributed by atoms with Gasteiger partial charge in [-0.05, 0) is 32.0 Å². The third kappa shape index (κ3) is 5.12. The SMILES string of the molecule is CCCNC(C)c1c(OC)cccc1N(C)CC(F)(F)F. The Kier molecular flexibility index (Phi) is 6.33. The summed E-state index contributed by atoms with van der Waals surface area (Å²) < 4.78 is 43.2. The molecule has 1 unspecified atom stereocenters. The number of hydrogen-bond acceptors (Lipinski definition) is 3. The Bertz CT molecular complexity index is 449. The minimum Gasteiger partial charge on any atom is -0.496 e. The van der Waals surface area contributed by atoms with Crippen molar-refractivity contribution in [2.24, 2.45) is 0 Å². The van der Waals surface area contributed by atoms with E-state index in [1.165, 1.54) is 19.1 Å². The van der Waals surface area contributed by atoms with Gasteiger partial charge >= 0.3 is 6.18 Å². The first kappa shape index (κ1) is 17.6. The van der Waals surface area contributed by atoms with Crippen molar-refractivity contribution >= 4 is 5.69 Å². The molecule has 0 radical (unpaired) electrons. The topological polar surface area (TPSA) is 24.5 Å². The Morgan fingerprint density at radius 2 is 2.00 bits per heavy atom. The summed E-state index contributed by atoms with van der Waals surface area (Å²) in [6, 6.07) is 5.07. The Morgan fingerprint density at radius 1 is 1.33 bits per heavy atom. The predicted molar refractivity (Wildman–Crippen MR) is 79.0 cm³/mol. The lowest BCUT2D eigenvalue weighted by molar-refractivity contribution is -0.119. The van der Waals surface area contributed by atoms with Crippen LogP contribution in [0.5, 0.6) is 5.75 Å². The highest BCUT2D eigenvalue weighted by molar-refractivity contribution is 5.60. The molecule has 0 aliphatic carbocycles. The zero-order chi connectivity index (χ0) is 16.0. The van der Waals surface area contributed by atoms with Gasteiger partial charge in [-0.1, -0.05) is 13.0 Å². The van der Waals surface area contributed by atoms with Crippen LogP contribution in [0.15, 0.2) is 18.2 Å². The number of nitrogens with zero attached hydrogens (tertiary/aromatic N) is 1. The highest BCUT2D eigenvalue weighted by atomic mass is 19.4. The number of hydrogen-bond donors (Lipinski definition) is 1. The Balaban J connectivity index is 3.12. The molecule has 0 saturated heterocycles. The molecular weight excluding hydrogens is 281 g/mol. The number of anilines is 1. The molecule has 1 aromatic carbocycles. The largest absolute Gasteiger partial charge is 0.496 e. The van der Waals surface area contributed by atoms with Crippen molar-refractivity contribution in [1.29, 1.82) is 0 Å². The van der Waals surface area contributed by atoms with E-state index in [4.69, 9.17) is 4.74 Å². The molecular formula is C15H23F3N2O. The molecule has 0 amide bonds. The molecule has 0 bridgehead atoms. The van der Waals surface area contributed by atoms with Crippen LogP contribution < -0.4 is 15.0 Å². The van der Waals surface area contributed by atoms with E-state index >= 15 is 0 Å². The zero-order valence-corrected chi connectivity index (χ0v) is 12.9. The highest BCUT2D eigenvalue weighted by Crippen LogP contribution is 2.35. The van der Waals surface area contributed by atoms with Crippen LogP contribution in [0.25, 0.3) is 0 Å². The van der Waals surface area contributed by atoms with Gasteiger partial charge in [-0.25, -0.2) is 0 Å². The fourth-order valence-electron chi connectivity index (χ4n) is 2.30. The van der Waals surface area contributed by atoms with E-state index in [9.17, 15) is 13.2 Å². The van der Waals surface area contributed by atoms with Gasteiger partial charge in [0.15, 0.2) is 0 Å². The zero-order valence-electron chi connectivity index (χ0n) is 12.9. The van der Waals surface area contributed by atoms with Gasteiger partial charge in [-0.3, -0.25) is 0 Å². The molecule has 0 spiro atoms. The fourth-order valence-corrected chi connectivity index (χ4v) is 2.30. The van der Waals surface area contributed by atoms with Gasteiger partial charge in [0.1, 0.15) is 12.3 Å². The molecule has 0 aliphatic rings. The molecule has 120 valence electrons. The number of ether oxygens (including phenoxy) is 1. The summed E-state index contributed by atoms with van der Waals surface area (Å²) in [5.74, 6) is 0.595. The molecule has 1 rings (SSSR count). The Hall–Kier alpha value is -1.43. The number of methoxy groups -OCH3 is 1. The standard InChI is InChI=1S/C15H23F3N2O/c1-5-9-19-11(2)14-12(7-6-8-13(14)21-4)20(3)10-15(16,17)18/h6-8,11,19H,5,9-10H2,1-4H3. The molecule has 1 N–H and O–H groups in total. The third-order valence-electron chi connectivity index (χ3n) is 3.22. The molecule has 0 saturated carbocycles. The average Bonchev–Trinajstić information content (AvgIpc) is 2.41. The Labute approximate surface area is 124 Å². The van der Waals surface area contributed by atoms with Gasteiger partial charge in [-0.2, -0.15) is 13.2 Å². The van der Waals surface area contributed by atoms with Crippen LogP contribution in [-0.4, -0.2) is 33.4 Å². The number of halogens is 3. The van der Waals surface area contributed by atoms with E-state index in [1.807, 2.05) is 13.8 Å². The second-order valence-electron chi connectivity index (χ2n) is 5.04. The summed E-state index contributed by atoms with van der Waals surface area (Å²) in [6.07, 6.45) is -3.29. The summed E-state index contributed by atoms with van der Waals surface area (Å²) in [5.41, 5.74) is 1.28. The Morgan fingerprint density at radius 3 is 2.52 bits per heavy atom. The van der Waals surface area contributed by atoms with Crippen LogP contribution in [0.3, 0.4) is 0 Å². The first-order valence-electron chi connectivity index (χ1n) is 6.98. The van der Waals surface area contributed by atoms with Crippen molar-refractivity contribution in [3.63, 3.8) is 0 Å². The molecule has 1 atom stereocenters. The molecule has 0 fully saturated rings. The van der Waals surface area contributed by atoms with Crippen LogP contribution in [-0.2, 0) is 0 Å². The second kappa shape index (κ2) is 7.54. The van der Waals surface area contributed by atoms with Crippen LogP contribution in [0, 0.1) is 0 Å². The van der Waals surface area contributed by atoms with E-state index in [0.29, 0.717) is 11.4 Å². The molecule has 0 aliphatic heterocycles. The third-order valence-corrected chi connectivity index (χ3v) is 3.22. The molecule has 3 nitrogen and oxygen atoms in total. The van der Waals surface area contributed by atoms with Crippen molar-refractivity contribution < 1.29 is 17.9 Å². The normalized spacial score (nSPS) is 13.1. The van der Waals surface area contributed by atoms with Crippen molar-refractivity contribution in [2.45, 2.75) is 32.5 Å². The van der Waals surface area contributed by atoms with Gasteiger partial charge in [0.2, 0.25) is 0 Å². The number of nitrogens with one attached hydrogen (secondary N) is 1. The van der Waals surface area contributed by atoms with Gasteiger partial charge in [0.25, 0.3) is 0 Å². The monoisotopic (exact) mass is 304 g/mol. The van der Waals surface area contributed by atoms with Crippen LogP contribution in [0.1, 0.15) is 31.9 Å². The minimum absolute atomic E-state index is 0.0909. The van der Waals surface area contributed by atoms with Crippen LogP contribution in [0.2, 0.25) is 0 Å². The first-order valence-corrected chi connectivity index (χ1v) is 6.98. The molecule has 0 aromatic heterocycles. The maximum absolute atomic E-state index is 12.6. The maximum atomic E-state index is 12.6. The van der Waals surface area contributed by atoms with Crippen molar-refractivity contribution in [2.75, 3.05) is 32.1 Å². The van der Waals surface area contributed by atoms with E-state index in [0.717, 1.165) is 18.5 Å². The highest BCUT2D eigenvalue weighted by Gasteiger charge is 2.31. The van der Waals surface area contributed by atoms with E-state index in [1.54, 1.807) is 18.2 Å². The number of rotatable bonds is 7. The van der Waals surface area contributed by atoms with Crippen molar-refractivity contribution in [3.05, 3.63) is 23.8 Å². The van der Waals surface area contributed by atoms with Gasteiger partial charge in [-0.15, -0.1) is 0 Å². The summed E-state index contributed by atoms with van der Waals surface area (Å²) >= 11 is 0. The van der Waals surface area contributed by atoms with E-state index in [2.05, 4.69) is 5.32 Å². The molecule has 1 aromatic rings. The molecule has 6 heteroatoms. The van der Waals surface area contributed by atoms with Gasteiger partial charge < -0.3 is 15.0 Å². The lowest BCUT2D eigenvalue weighted by Gasteiger charge is -2.27. The van der Waals surface area contributed by atoms with E-state index in [-0.39, 0.29) is 6.04 Å². The molecule has 21 heavy (non-hydrogen) atoms. The predicted octanol–water partition coefficient (Wildman–Crippen LogP) is 3.75. The number of benzene rings is 1. The minimum atomic E-state index is -4.24. The summed E-state index contributed by atoms with van der Waals surface area (Å²) in [6.45, 7) is 3.77. The van der Waals surface area contributed by atoms with Gasteiger partial charge in [0, 0.05) is 24.3 Å². The number of alkyl halides is 3. The maximum Gasteiger partial charge on any atom is 0.405 e.